The normalized spacial score (nSPS) is 17.1. The van der Waals surface area contributed by atoms with Crippen LogP contribution in [0.25, 0.3) is 0 Å². The number of halogens is 1. The van der Waals surface area contributed by atoms with Crippen molar-refractivity contribution in [3.8, 4) is 5.75 Å². The molecule has 1 saturated carbocycles. The summed E-state index contributed by atoms with van der Waals surface area (Å²) in [6.07, 6.45) is 2.61. The third-order valence-corrected chi connectivity index (χ3v) is 6.45. The Kier molecular flexibility index (Phi) is 6.05. The summed E-state index contributed by atoms with van der Waals surface area (Å²) < 4.78 is 19.4. The van der Waals surface area contributed by atoms with E-state index >= 15 is 0 Å². The van der Waals surface area contributed by atoms with Crippen LogP contribution in [0.1, 0.15) is 41.1 Å². The number of nitrogens with zero attached hydrogens (tertiary/aromatic N) is 1. The quantitative estimate of drug-likeness (QED) is 0.563. The van der Waals surface area contributed by atoms with Crippen LogP contribution in [-0.2, 0) is 16.0 Å². The van der Waals surface area contributed by atoms with Crippen molar-refractivity contribution in [1.82, 2.24) is 4.90 Å². The molecular weight excluding hydrogens is 431 g/mol. The molecule has 1 aliphatic heterocycles. The fourth-order valence-electron chi connectivity index (χ4n) is 4.47. The van der Waals surface area contributed by atoms with Gasteiger partial charge in [-0.25, -0.2) is 4.39 Å². The molecule has 3 aromatic rings. The molecule has 3 aromatic carbocycles. The highest BCUT2D eigenvalue weighted by Crippen LogP contribution is 2.41. The highest BCUT2D eigenvalue weighted by atomic mass is 19.1. The van der Waals surface area contributed by atoms with Crippen molar-refractivity contribution in [3.05, 3.63) is 94.8 Å². The van der Waals surface area contributed by atoms with Gasteiger partial charge in [0.2, 0.25) is 5.91 Å². The van der Waals surface area contributed by atoms with Gasteiger partial charge in [0.15, 0.2) is 6.61 Å². The second kappa shape index (κ2) is 9.29. The minimum Gasteiger partial charge on any atom is -0.484 e. The van der Waals surface area contributed by atoms with Crippen molar-refractivity contribution < 1.29 is 18.7 Å². The van der Waals surface area contributed by atoms with Gasteiger partial charge in [0.05, 0.1) is 6.04 Å². The monoisotopic (exact) mass is 458 g/mol. The Morgan fingerprint density at radius 1 is 1.03 bits per heavy atom. The Hall–Kier alpha value is -3.67. The van der Waals surface area contributed by atoms with Crippen LogP contribution in [0, 0.1) is 18.7 Å². The van der Waals surface area contributed by atoms with Crippen molar-refractivity contribution in [2.24, 2.45) is 5.92 Å². The van der Waals surface area contributed by atoms with E-state index in [1.165, 1.54) is 12.1 Å². The predicted molar refractivity (Wildman–Crippen MR) is 128 cm³/mol. The number of carbonyl (C=O) groups is 2. The third kappa shape index (κ3) is 4.81. The molecule has 1 N–H and O–H groups in total. The molecule has 5 nitrogen and oxygen atoms in total. The Morgan fingerprint density at radius 3 is 2.47 bits per heavy atom. The number of rotatable bonds is 6. The zero-order chi connectivity index (χ0) is 23.7. The molecule has 34 heavy (non-hydrogen) atoms. The lowest BCUT2D eigenvalue weighted by molar-refractivity contribution is -0.134. The van der Waals surface area contributed by atoms with Gasteiger partial charge >= 0.3 is 0 Å². The zero-order valence-electron chi connectivity index (χ0n) is 19.1. The Labute approximate surface area is 198 Å². The number of fused-ring (bicyclic) bond motifs is 1. The first-order valence-corrected chi connectivity index (χ1v) is 11.7. The van der Waals surface area contributed by atoms with E-state index in [1.54, 1.807) is 12.1 Å². The number of aryl methyl sites for hydroxylation is 1. The minimum absolute atomic E-state index is 0.0920. The molecule has 2 amide bonds. The third-order valence-electron chi connectivity index (χ3n) is 6.45. The fraction of sp³-hybridized carbons (Fsp3) is 0.286. The Morgan fingerprint density at radius 2 is 1.76 bits per heavy atom. The number of hydrogen-bond acceptors (Lipinski definition) is 3. The maximum Gasteiger partial charge on any atom is 0.262 e. The first-order valence-electron chi connectivity index (χ1n) is 11.7. The summed E-state index contributed by atoms with van der Waals surface area (Å²) in [5, 5.41) is 2.83. The van der Waals surface area contributed by atoms with Gasteiger partial charge in [0, 0.05) is 18.2 Å². The molecule has 0 aromatic heterocycles. The van der Waals surface area contributed by atoms with Crippen molar-refractivity contribution in [3.63, 3.8) is 0 Å². The van der Waals surface area contributed by atoms with Crippen molar-refractivity contribution in [2.75, 3.05) is 18.5 Å². The maximum atomic E-state index is 13.6. The topological polar surface area (TPSA) is 58.6 Å². The lowest BCUT2D eigenvalue weighted by Crippen LogP contribution is -2.41. The van der Waals surface area contributed by atoms with Crippen LogP contribution in [-0.4, -0.2) is 29.9 Å². The van der Waals surface area contributed by atoms with Gasteiger partial charge in [0.1, 0.15) is 11.6 Å². The molecule has 0 saturated heterocycles. The molecule has 0 radical (unpaired) electrons. The smallest absolute Gasteiger partial charge is 0.262 e. The first-order chi connectivity index (χ1) is 16.5. The van der Waals surface area contributed by atoms with Gasteiger partial charge in [-0.05, 0) is 79.3 Å². The molecule has 1 atom stereocenters. The summed E-state index contributed by atoms with van der Waals surface area (Å²) in [4.78, 5) is 27.4. The molecule has 174 valence electrons. The number of hydrogen-bond donors (Lipinski definition) is 1. The van der Waals surface area contributed by atoms with Gasteiger partial charge in [-0.15, -0.1) is 0 Å². The second-order valence-corrected chi connectivity index (χ2v) is 9.07. The molecule has 5 rings (SSSR count). The number of anilines is 1. The largest absolute Gasteiger partial charge is 0.484 e. The van der Waals surface area contributed by atoms with Crippen LogP contribution in [0.2, 0.25) is 0 Å². The molecule has 2 aliphatic rings. The van der Waals surface area contributed by atoms with E-state index < -0.39 is 0 Å². The van der Waals surface area contributed by atoms with E-state index in [-0.39, 0.29) is 36.2 Å². The molecule has 1 aliphatic carbocycles. The first kappa shape index (κ1) is 22.1. The number of nitrogens with one attached hydrogen (secondary N) is 1. The zero-order valence-corrected chi connectivity index (χ0v) is 19.1. The number of amides is 2. The van der Waals surface area contributed by atoms with Gasteiger partial charge in [-0.2, -0.15) is 0 Å². The lowest BCUT2D eigenvalue weighted by Gasteiger charge is -2.38. The van der Waals surface area contributed by atoms with E-state index in [1.807, 2.05) is 54.3 Å². The predicted octanol–water partition coefficient (Wildman–Crippen LogP) is 5.04. The molecule has 1 heterocycles. The number of benzene rings is 3. The Bertz CT molecular complexity index is 1200. The van der Waals surface area contributed by atoms with Gasteiger partial charge < -0.3 is 15.0 Å². The number of ether oxygens (including phenoxy) is 1. The SMILES string of the molecule is Cc1ccc(NC(=O)COc2ccc3c(c2)[C@H](c2ccc(F)cc2)N(C(=O)C2CC2)CC3)cc1. The highest BCUT2D eigenvalue weighted by Gasteiger charge is 2.39. The molecule has 0 spiro atoms. The van der Waals surface area contributed by atoms with Crippen molar-refractivity contribution in [2.45, 2.75) is 32.2 Å². The summed E-state index contributed by atoms with van der Waals surface area (Å²) >= 11 is 0. The summed E-state index contributed by atoms with van der Waals surface area (Å²) in [6.45, 7) is 2.49. The van der Waals surface area contributed by atoms with Crippen LogP contribution in [0.15, 0.2) is 66.7 Å². The van der Waals surface area contributed by atoms with Crippen LogP contribution in [0.5, 0.6) is 5.75 Å². The summed E-state index contributed by atoms with van der Waals surface area (Å²) in [6, 6.07) is 19.4. The van der Waals surface area contributed by atoms with Crippen LogP contribution < -0.4 is 10.1 Å². The van der Waals surface area contributed by atoms with E-state index in [9.17, 15) is 14.0 Å². The molecular formula is C28H27FN2O3. The summed E-state index contributed by atoms with van der Waals surface area (Å²) in [7, 11) is 0. The van der Waals surface area contributed by atoms with Crippen molar-refractivity contribution in [1.29, 1.82) is 0 Å². The van der Waals surface area contributed by atoms with Gasteiger partial charge in [0.25, 0.3) is 5.91 Å². The average Bonchev–Trinajstić information content (AvgIpc) is 3.69. The summed E-state index contributed by atoms with van der Waals surface area (Å²) in [5.74, 6) is 0.252. The highest BCUT2D eigenvalue weighted by molar-refractivity contribution is 5.91. The standard InChI is InChI=1S/C28H27FN2O3/c1-18-2-11-23(12-3-18)30-26(32)17-34-24-13-8-19-14-15-31(28(33)21-4-5-21)27(25(19)16-24)20-6-9-22(29)10-7-20/h2-3,6-13,16,21,27H,4-5,14-15,17H2,1H3,(H,30,32)/t27-/m0/s1. The second-order valence-electron chi connectivity index (χ2n) is 9.07. The van der Waals surface area contributed by atoms with Crippen LogP contribution in [0.4, 0.5) is 10.1 Å². The summed E-state index contributed by atoms with van der Waals surface area (Å²) in [5.41, 5.74) is 4.79. The van der Waals surface area contributed by atoms with Crippen LogP contribution >= 0.6 is 0 Å². The molecule has 1 fully saturated rings. The molecule has 0 bridgehead atoms. The van der Waals surface area contributed by atoms with E-state index in [4.69, 9.17) is 4.74 Å². The molecule has 0 unspecified atom stereocenters. The average molecular weight is 459 g/mol. The van der Waals surface area contributed by atoms with Crippen molar-refractivity contribution >= 4 is 17.5 Å². The van der Waals surface area contributed by atoms with E-state index in [0.717, 1.165) is 47.2 Å². The van der Waals surface area contributed by atoms with E-state index in [0.29, 0.717) is 12.3 Å². The number of carbonyl (C=O) groups excluding carboxylic acids is 2. The van der Waals surface area contributed by atoms with E-state index in [2.05, 4.69) is 5.32 Å². The lowest BCUT2D eigenvalue weighted by atomic mass is 9.87. The minimum atomic E-state index is -0.309. The van der Waals surface area contributed by atoms with Crippen LogP contribution in [0.3, 0.4) is 0 Å². The molecule has 6 heteroatoms. The Balaban J connectivity index is 1.37. The van der Waals surface area contributed by atoms with Gasteiger partial charge in [-0.3, -0.25) is 9.59 Å². The maximum absolute atomic E-state index is 13.6. The van der Waals surface area contributed by atoms with Gasteiger partial charge in [-0.1, -0.05) is 35.9 Å². The fourth-order valence-corrected chi connectivity index (χ4v) is 4.47.